The van der Waals surface area contributed by atoms with Crippen molar-refractivity contribution in [1.29, 1.82) is 0 Å². The number of halogens is 3. The molecule has 0 spiro atoms. The van der Waals surface area contributed by atoms with Crippen LogP contribution in [0.25, 0.3) is 0 Å². The minimum Gasteiger partial charge on any atom is -0.396 e. The predicted molar refractivity (Wildman–Crippen MR) is 60.5 cm³/mol. The Labute approximate surface area is 105 Å². The third-order valence-electron chi connectivity index (χ3n) is 2.04. The van der Waals surface area contributed by atoms with Crippen LogP contribution in [0.5, 0.6) is 0 Å². The molecule has 18 heavy (non-hydrogen) atoms. The number of nitro groups is 1. The average molecular weight is 281 g/mol. The molecule has 0 aliphatic heterocycles. The van der Waals surface area contributed by atoms with Gasteiger partial charge in [0.25, 0.3) is 5.69 Å². The normalized spacial score (nSPS) is 11.6. The molecule has 4 nitrogen and oxygen atoms in total. The summed E-state index contributed by atoms with van der Waals surface area (Å²) in [6.45, 7) is -0.0680. The molecule has 0 fully saturated rings. The van der Waals surface area contributed by atoms with E-state index >= 15 is 0 Å². The molecule has 0 saturated heterocycles. The van der Waals surface area contributed by atoms with Crippen molar-refractivity contribution in [2.75, 3.05) is 12.4 Å². The summed E-state index contributed by atoms with van der Waals surface area (Å²) in [6.07, 6.45) is -4.18. The molecule has 0 bridgehead atoms. The molecular formula is C10H10F3NO3S. The Morgan fingerprint density at radius 2 is 2.06 bits per heavy atom. The zero-order chi connectivity index (χ0) is 13.8. The van der Waals surface area contributed by atoms with Crippen molar-refractivity contribution in [3.05, 3.63) is 33.9 Å². The van der Waals surface area contributed by atoms with Gasteiger partial charge in [-0.05, 0) is 18.6 Å². The molecule has 0 saturated carbocycles. The highest BCUT2D eigenvalue weighted by atomic mass is 32.2. The van der Waals surface area contributed by atoms with Gasteiger partial charge in [0, 0.05) is 18.4 Å². The zero-order valence-electron chi connectivity index (χ0n) is 9.11. The van der Waals surface area contributed by atoms with E-state index in [0.717, 1.165) is 23.9 Å². The summed E-state index contributed by atoms with van der Waals surface area (Å²) in [4.78, 5) is 10.0. The Kier molecular flexibility index (Phi) is 4.97. The van der Waals surface area contributed by atoms with Gasteiger partial charge in [-0.3, -0.25) is 10.1 Å². The maximum atomic E-state index is 12.4. The van der Waals surface area contributed by atoms with Crippen molar-refractivity contribution in [3.63, 3.8) is 0 Å². The van der Waals surface area contributed by atoms with Crippen LogP contribution >= 0.6 is 11.8 Å². The quantitative estimate of drug-likeness (QED) is 0.390. The van der Waals surface area contributed by atoms with Crippen LogP contribution in [0.15, 0.2) is 23.1 Å². The second-order valence-corrected chi connectivity index (χ2v) is 4.50. The number of thioether (sulfide) groups is 1. The summed E-state index contributed by atoms with van der Waals surface area (Å²) in [6, 6.07) is 2.43. The van der Waals surface area contributed by atoms with Crippen LogP contribution in [0.3, 0.4) is 0 Å². The monoisotopic (exact) mass is 281 g/mol. The highest BCUT2D eigenvalue weighted by Crippen LogP contribution is 2.36. The molecule has 0 aliphatic rings. The van der Waals surface area contributed by atoms with Gasteiger partial charge in [0.1, 0.15) is 0 Å². The molecule has 1 rings (SSSR count). The lowest BCUT2D eigenvalue weighted by atomic mass is 10.2. The van der Waals surface area contributed by atoms with Crippen molar-refractivity contribution in [2.45, 2.75) is 17.5 Å². The van der Waals surface area contributed by atoms with E-state index in [0.29, 0.717) is 18.2 Å². The maximum absolute atomic E-state index is 12.4. The van der Waals surface area contributed by atoms with Gasteiger partial charge in [0.15, 0.2) is 0 Å². The molecule has 8 heteroatoms. The highest BCUT2D eigenvalue weighted by molar-refractivity contribution is 7.99. The number of aliphatic hydroxyl groups is 1. The molecule has 1 aromatic carbocycles. The lowest BCUT2D eigenvalue weighted by molar-refractivity contribution is -0.388. The SMILES string of the molecule is O=[N+]([O-])c1cc(C(F)(F)F)ccc1SCCCO. The van der Waals surface area contributed by atoms with Crippen molar-refractivity contribution in [1.82, 2.24) is 0 Å². The van der Waals surface area contributed by atoms with E-state index in [1.165, 1.54) is 0 Å². The van der Waals surface area contributed by atoms with E-state index in [4.69, 9.17) is 5.11 Å². The Hall–Kier alpha value is -1.28. The number of nitrogens with zero attached hydrogens (tertiary/aromatic N) is 1. The first kappa shape index (κ1) is 14.8. The van der Waals surface area contributed by atoms with Crippen LogP contribution in [0.1, 0.15) is 12.0 Å². The summed E-state index contributed by atoms with van der Waals surface area (Å²) in [5.74, 6) is 0.405. The summed E-state index contributed by atoms with van der Waals surface area (Å²) >= 11 is 1.05. The molecular weight excluding hydrogens is 271 g/mol. The zero-order valence-corrected chi connectivity index (χ0v) is 9.92. The molecule has 100 valence electrons. The lowest BCUT2D eigenvalue weighted by Crippen LogP contribution is -2.06. The fourth-order valence-electron chi connectivity index (χ4n) is 1.21. The number of nitro benzene ring substituents is 1. The number of alkyl halides is 3. The van der Waals surface area contributed by atoms with Crippen LogP contribution < -0.4 is 0 Å². The first-order valence-electron chi connectivity index (χ1n) is 4.95. The molecule has 1 N–H and O–H groups in total. The first-order chi connectivity index (χ1) is 8.36. The number of hydrogen-bond acceptors (Lipinski definition) is 4. The number of aliphatic hydroxyl groups excluding tert-OH is 1. The van der Waals surface area contributed by atoms with E-state index in [1.807, 2.05) is 0 Å². The van der Waals surface area contributed by atoms with Crippen LogP contribution in [0, 0.1) is 10.1 Å². The lowest BCUT2D eigenvalue weighted by Gasteiger charge is -2.08. The highest BCUT2D eigenvalue weighted by Gasteiger charge is 2.32. The summed E-state index contributed by atoms with van der Waals surface area (Å²) in [5, 5.41) is 19.3. The number of hydrogen-bond donors (Lipinski definition) is 1. The van der Waals surface area contributed by atoms with E-state index < -0.39 is 22.4 Å². The van der Waals surface area contributed by atoms with Crippen molar-refractivity contribution in [3.8, 4) is 0 Å². The van der Waals surface area contributed by atoms with E-state index in [2.05, 4.69) is 0 Å². The minimum atomic E-state index is -4.60. The Balaban J connectivity index is 3.01. The van der Waals surface area contributed by atoms with Gasteiger partial charge >= 0.3 is 6.18 Å². The average Bonchev–Trinajstić information content (AvgIpc) is 2.28. The fourth-order valence-corrected chi connectivity index (χ4v) is 2.14. The van der Waals surface area contributed by atoms with Gasteiger partial charge in [0.05, 0.1) is 15.4 Å². The fraction of sp³-hybridized carbons (Fsp3) is 0.400. The molecule has 1 aromatic rings. The van der Waals surface area contributed by atoms with Crippen LogP contribution in [0.4, 0.5) is 18.9 Å². The summed E-state index contributed by atoms with van der Waals surface area (Å²) in [5.41, 5.74) is -1.60. The van der Waals surface area contributed by atoms with Gasteiger partial charge in [-0.15, -0.1) is 11.8 Å². The topological polar surface area (TPSA) is 63.4 Å². The molecule has 0 aromatic heterocycles. The van der Waals surface area contributed by atoms with Crippen LogP contribution in [-0.2, 0) is 6.18 Å². The van der Waals surface area contributed by atoms with Gasteiger partial charge in [-0.1, -0.05) is 0 Å². The first-order valence-corrected chi connectivity index (χ1v) is 5.94. The van der Waals surface area contributed by atoms with Crippen molar-refractivity contribution in [2.24, 2.45) is 0 Å². The van der Waals surface area contributed by atoms with Gasteiger partial charge in [-0.2, -0.15) is 13.2 Å². The third kappa shape index (κ3) is 3.88. The van der Waals surface area contributed by atoms with Crippen LogP contribution in [-0.4, -0.2) is 22.4 Å². The van der Waals surface area contributed by atoms with Crippen LogP contribution in [0.2, 0.25) is 0 Å². The predicted octanol–water partition coefficient (Wildman–Crippen LogP) is 3.09. The summed E-state index contributed by atoms with van der Waals surface area (Å²) in [7, 11) is 0. The standard InChI is InChI=1S/C10H10F3NO3S/c11-10(12,13)7-2-3-9(18-5-1-4-15)8(6-7)14(16)17/h2-3,6,15H,1,4-5H2. The number of benzene rings is 1. The Morgan fingerprint density at radius 3 is 2.56 bits per heavy atom. The second-order valence-electron chi connectivity index (χ2n) is 3.36. The van der Waals surface area contributed by atoms with Gasteiger partial charge in [0.2, 0.25) is 0 Å². The number of rotatable bonds is 5. The molecule has 0 atom stereocenters. The minimum absolute atomic E-state index is 0.0680. The van der Waals surface area contributed by atoms with Crippen molar-refractivity contribution < 1.29 is 23.2 Å². The third-order valence-corrected chi connectivity index (χ3v) is 3.19. The Morgan fingerprint density at radius 1 is 1.39 bits per heavy atom. The largest absolute Gasteiger partial charge is 0.416 e. The van der Waals surface area contributed by atoms with E-state index in [-0.39, 0.29) is 11.5 Å². The second kappa shape index (κ2) is 6.05. The van der Waals surface area contributed by atoms with Gasteiger partial charge < -0.3 is 5.11 Å². The van der Waals surface area contributed by atoms with E-state index in [9.17, 15) is 23.3 Å². The molecule has 0 unspecified atom stereocenters. The van der Waals surface area contributed by atoms with Crippen molar-refractivity contribution >= 4 is 17.4 Å². The molecule has 0 amide bonds. The molecule has 0 heterocycles. The Bertz CT molecular complexity index is 437. The molecule has 0 aliphatic carbocycles. The smallest absolute Gasteiger partial charge is 0.396 e. The summed E-state index contributed by atoms with van der Waals surface area (Å²) < 4.78 is 37.2. The van der Waals surface area contributed by atoms with Gasteiger partial charge in [-0.25, -0.2) is 0 Å². The maximum Gasteiger partial charge on any atom is 0.416 e. The van der Waals surface area contributed by atoms with E-state index in [1.54, 1.807) is 0 Å². The molecule has 0 radical (unpaired) electrons.